The molecule has 0 spiro atoms. The van der Waals surface area contributed by atoms with E-state index in [9.17, 15) is 19.3 Å². The molecule has 0 bridgehead atoms. The van der Waals surface area contributed by atoms with Gasteiger partial charge in [-0.25, -0.2) is 4.39 Å². The predicted octanol–water partition coefficient (Wildman–Crippen LogP) is 0.648. The Balaban J connectivity index is 2.53. The standard InChI is InChI=1S/C10H12FN3O4/c11-7-1-2-9(14(16)17)8(5-7)13-3-4-18-6-10(12)15/h1-2,5,13H,3-4,6H2,(H2,12,15). The van der Waals surface area contributed by atoms with E-state index in [0.29, 0.717) is 0 Å². The van der Waals surface area contributed by atoms with Crippen LogP contribution in [-0.4, -0.2) is 30.6 Å². The number of nitrogens with zero attached hydrogens (tertiary/aromatic N) is 1. The average Bonchev–Trinajstić information content (AvgIpc) is 2.27. The number of amides is 1. The van der Waals surface area contributed by atoms with Crippen LogP contribution in [0.2, 0.25) is 0 Å². The van der Waals surface area contributed by atoms with Crippen LogP contribution in [0.15, 0.2) is 18.2 Å². The van der Waals surface area contributed by atoms with Gasteiger partial charge in [-0.15, -0.1) is 0 Å². The van der Waals surface area contributed by atoms with Gasteiger partial charge in [0.15, 0.2) is 0 Å². The van der Waals surface area contributed by atoms with Gasteiger partial charge in [-0.2, -0.15) is 0 Å². The van der Waals surface area contributed by atoms with Gasteiger partial charge >= 0.3 is 0 Å². The van der Waals surface area contributed by atoms with Crippen molar-refractivity contribution in [3.05, 3.63) is 34.1 Å². The molecule has 8 heteroatoms. The first-order valence-corrected chi connectivity index (χ1v) is 5.04. The van der Waals surface area contributed by atoms with Crippen LogP contribution in [0.25, 0.3) is 0 Å². The van der Waals surface area contributed by atoms with Crippen molar-refractivity contribution in [2.24, 2.45) is 5.73 Å². The highest BCUT2D eigenvalue weighted by Crippen LogP contribution is 2.24. The maximum Gasteiger partial charge on any atom is 0.292 e. The number of carbonyl (C=O) groups excluding carboxylic acids is 1. The number of nitro benzene ring substituents is 1. The van der Waals surface area contributed by atoms with E-state index in [-0.39, 0.29) is 31.1 Å². The van der Waals surface area contributed by atoms with E-state index in [1.807, 2.05) is 0 Å². The van der Waals surface area contributed by atoms with Crippen LogP contribution in [0, 0.1) is 15.9 Å². The topological polar surface area (TPSA) is 107 Å². The lowest BCUT2D eigenvalue weighted by Gasteiger charge is -2.07. The molecule has 1 amide bonds. The van der Waals surface area contributed by atoms with E-state index in [0.717, 1.165) is 18.2 Å². The molecule has 0 saturated heterocycles. The van der Waals surface area contributed by atoms with Crippen LogP contribution < -0.4 is 11.1 Å². The van der Waals surface area contributed by atoms with Crippen LogP contribution in [0.1, 0.15) is 0 Å². The Labute approximate surface area is 102 Å². The van der Waals surface area contributed by atoms with Crippen molar-refractivity contribution in [1.29, 1.82) is 0 Å². The first-order valence-electron chi connectivity index (χ1n) is 5.04. The highest BCUT2D eigenvalue weighted by molar-refractivity contribution is 5.74. The van der Waals surface area contributed by atoms with E-state index in [1.54, 1.807) is 0 Å². The Hall–Kier alpha value is -2.22. The lowest BCUT2D eigenvalue weighted by molar-refractivity contribution is -0.384. The normalized spacial score (nSPS) is 10.1. The number of hydrogen-bond acceptors (Lipinski definition) is 5. The fourth-order valence-corrected chi connectivity index (χ4v) is 1.24. The lowest BCUT2D eigenvalue weighted by atomic mass is 10.2. The summed E-state index contributed by atoms with van der Waals surface area (Å²) < 4.78 is 17.8. The second kappa shape index (κ2) is 6.50. The van der Waals surface area contributed by atoms with Crippen molar-refractivity contribution in [2.45, 2.75) is 0 Å². The van der Waals surface area contributed by atoms with Gasteiger partial charge in [0.1, 0.15) is 18.1 Å². The summed E-state index contributed by atoms with van der Waals surface area (Å²) in [7, 11) is 0. The number of benzene rings is 1. The summed E-state index contributed by atoms with van der Waals surface area (Å²) in [5.41, 5.74) is 4.67. The SMILES string of the molecule is NC(=O)COCCNc1cc(F)ccc1[N+](=O)[O-]. The third kappa shape index (κ3) is 4.34. The number of nitrogens with one attached hydrogen (secondary N) is 1. The molecule has 0 aromatic heterocycles. The molecular weight excluding hydrogens is 245 g/mol. The number of hydrogen-bond donors (Lipinski definition) is 2. The third-order valence-corrected chi connectivity index (χ3v) is 1.96. The highest BCUT2D eigenvalue weighted by atomic mass is 19.1. The molecule has 7 nitrogen and oxygen atoms in total. The Kier molecular flexibility index (Phi) is 5.00. The van der Waals surface area contributed by atoms with Gasteiger partial charge in [-0.3, -0.25) is 14.9 Å². The summed E-state index contributed by atoms with van der Waals surface area (Å²) >= 11 is 0. The van der Waals surface area contributed by atoms with Gasteiger partial charge in [-0.1, -0.05) is 0 Å². The molecule has 1 aromatic rings. The maximum atomic E-state index is 12.9. The number of rotatable bonds is 7. The summed E-state index contributed by atoms with van der Waals surface area (Å²) in [4.78, 5) is 20.4. The minimum Gasteiger partial charge on any atom is -0.377 e. The van der Waals surface area contributed by atoms with Crippen molar-refractivity contribution in [3.8, 4) is 0 Å². The molecule has 98 valence electrons. The Morgan fingerprint density at radius 2 is 2.28 bits per heavy atom. The summed E-state index contributed by atoms with van der Waals surface area (Å²) in [6, 6.07) is 3.10. The first-order chi connectivity index (χ1) is 8.50. The molecule has 0 aliphatic heterocycles. The predicted molar refractivity (Wildman–Crippen MR) is 61.6 cm³/mol. The molecule has 3 N–H and O–H groups in total. The minimum absolute atomic E-state index is 0.0580. The van der Waals surface area contributed by atoms with Crippen LogP contribution in [-0.2, 0) is 9.53 Å². The Morgan fingerprint density at radius 1 is 1.56 bits per heavy atom. The Morgan fingerprint density at radius 3 is 2.89 bits per heavy atom. The van der Waals surface area contributed by atoms with Crippen LogP contribution in [0.3, 0.4) is 0 Å². The lowest BCUT2D eigenvalue weighted by Crippen LogP contribution is -2.20. The number of halogens is 1. The zero-order valence-corrected chi connectivity index (χ0v) is 9.39. The number of anilines is 1. The largest absolute Gasteiger partial charge is 0.377 e. The van der Waals surface area contributed by atoms with Crippen molar-refractivity contribution in [3.63, 3.8) is 0 Å². The van der Waals surface area contributed by atoms with Gasteiger partial charge in [0.25, 0.3) is 5.69 Å². The molecule has 18 heavy (non-hydrogen) atoms. The van der Waals surface area contributed by atoms with Crippen molar-refractivity contribution in [2.75, 3.05) is 25.1 Å². The molecule has 0 heterocycles. The second-order valence-corrected chi connectivity index (χ2v) is 3.36. The van der Waals surface area contributed by atoms with Gasteiger partial charge in [0.05, 0.1) is 11.5 Å². The summed E-state index contributed by atoms with van der Waals surface area (Å²) in [5, 5.41) is 13.3. The minimum atomic E-state index is -0.619. The quantitative estimate of drug-likeness (QED) is 0.423. The number of nitrogens with two attached hydrogens (primary N) is 1. The summed E-state index contributed by atoms with van der Waals surface area (Å²) in [5.74, 6) is -1.19. The van der Waals surface area contributed by atoms with E-state index < -0.39 is 16.6 Å². The molecule has 1 aromatic carbocycles. The molecule has 0 atom stereocenters. The monoisotopic (exact) mass is 257 g/mol. The van der Waals surface area contributed by atoms with Crippen LogP contribution >= 0.6 is 0 Å². The van der Waals surface area contributed by atoms with E-state index in [2.05, 4.69) is 5.32 Å². The number of nitro groups is 1. The fraction of sp³-hybridized carbons (Fsp3) is 0.300. The smallest absolute Gasteiger partial charge is 0.292 e. The zero-order chi connectivity index (χ0) is 13.5. The molecule has 0 fully saturated rings. The van der Waals surface area contributed by atoms with E-state index >= 15 is 0 Å². The molecule has 0 radical (unpaired) electrons. The third-order valence-electron chi connectivity index (χ3n) is 1.96. The second-order valence-electron chi connectivity index (χ2n) is 3.36. The molecule has 0 unspecified atom stereocenters. The Bertz CT molecular complexity index is 453. The van der Waals surface area contributed by atoms with Crippen LogP contribution in [0.5, 0.6) is 0 Å². The molecule has 0 saturated carbocycles. The summed E-state index contributed by atoms with van der Waals surface area (Å²) in [6.07, 6.45) is 0. The molecule has 0 aliphatic rings. The number of primary amides is 1. The van der Waals surface area contributed by atoms with Crippen molar-refractivity contribution >= 4 is 17.3 Å². The number of carbonyl (C=O) groups is 1. The van der Waals surface area contributed by atoms with E-state index in [1.165, 1.54) is 0 Å². The van der Waals surface area contributed by atoms with Crippen molar-refractivity contribution in [1.82, 2.24) is 0 Å². The summed E-state index contributed by atoms with van der Waals surface area (Å²) in [6.45, 7) is 0.0844. The number of ether oxygens (including phenoxy) is 1. The first kappa shape index (κ1) is 13.8. The highest BCUT2D eigenvalue weighted by Gasteiger charge is 2.13. The van der Waals surface area contributed by atoms with Gasteiger partial charge in [0.2, 0.25) is 5.91 Å². The molecule has 0 aliphatic carbocycles. The average molecular weight is 257 g/mol. The maximum absolute atomic E-state index is 12.9. The van der Waals surface area contributed by atoms with E-state index in [4.69, 9.17) is 10.5 Å². The fourth-order valence-electron chi connectivity index (χ4n) is 1.24. The van der Waals surface area contributed by atoms with Crippen LogP contribution in [0.4, 0.5) is 15.8 Å². The zero-order valence-electron chi connectivity index (χ0n) is 9.39. The van der Waals surface area contributed by atoms with Gasteiger partial charge in [-0.05, 0) is 6.07 Å². The van der Waals surface area contributed by atoms with Crippen molar-refractivity contribution < 1.29 is 18.8 Å². The molecule has 1 rings (SSSR count). The molecular formula is C10H12FN3O4. The van der Waals surface area contributed by atoms with Gasteiger partial charge in [0, 0.05) is 18.7 Å². The van der Waals surface area contributed by atoms with Gasteiger partial charge < -0.3 is 15.8 Å².